The molecule has 4 nitrogen and oxygen atoms in total. The highest BCUT2D eigenvalue weighted by molar-refractivity contribution is 5.93. The van der Waals surface area contributed by atoms with Gasteiger partial charge in [0.05, 0.1) is 0 Å². The van der Waals surface area contributed by atoms with Gasteiger partial charge in [-0.15, -0.1) is 0 Å². The van der Waals surface area contributed by atoms with E-state index in [9.17, 15) is 15.0 Å². The Hall–Kier alpha value is -1.71. The maximum Gasteiger partial charge on any atom is 0.339 e. The second-order valence-electron chi connectivity index (χ2n) is 6.65. The van der Waals surface area contributed by atoms with Crippen LogP contribution in [0.25, 0.3) is 0 Å². The highest BCUT2D eigenvalue weighted by atomic mass is 16.4. The number of phenolic OH excluding ortho intramolecular Hbond substituents is 1. The highest BCUT2D eigenvalue weighted by Crippen LogP contribution is 2.34. The normalized spacial score (nSPS) is 10.9. The van der Waals surface area contributed by atoms with E-state index in [1.807, 2.05) is 0 Å². The lowest BCUT2D eigenvalue weighted by molar-refractivity contribution is 0.0692. The quantitative estimate of drug-likeness (QED) is 0.436. The van der Waals surface area contributed by atoms with Crippen LogP contribution in [0.4, 0.5) is 0 Å². The highest BCUT2D eigenvalue weighted by Gasteiger charge is 2.19. The van der Waals surface area contributed by atoms with Crippen LogP contribution >= 0.6 is 0 Å². The van der Waals surface area contributed by atoms with Gasteiger partial charge in [-0.1, -0.05) is 64.7 Å². The minimum absolute atomic E-state index is 0.00840. The van der Waals surface area contributed by atoms with E-state index in [1.54, 1.807) is 6.92 Å². The number of aromatic carboxylic acids is 1. The Bertz CT molecular complexity index is 523. The van der Waals surface area contributed by atoms with Gasteiger partial charge in [0, 0.05) is 5.56 Å². The molecule has 0 radical (unpaired) electrons. The molecule has 24 heavy (non-hydrogen) atoms. The van der Waals surface area contributed by atoms with Crippen molar-refractivity contribution in [1.29, 1.82) is 0 Å². The van der Waals surface area contributed by atoms with Crippen molar-refractivity contribution in [3.8, 4) is 11.5 Å². The average Bonchev–Trinajstić information content (AvgIpc) is 2.51. The van der Waals surface area contributed by atoms with Gasteiger partial charge in [-0.05, 0) is 31.4 Å². The zero-order chi connectivity index (χ0) is 17.9. The van der Waals surface area contributed by atoms with Crippen molar-refractivity contribution in [2.45, 2.75) is 84.5 Å². The maximum atomic E-state index is 11.2. The molecule has 0 bridgehead atoms. The van der Waals surface area contributed by atoms with Crippen LogP contribution in [0.3, 0.4) is 0 Å². The standard InChI is InChI=1S/C20H32O4/c1-3-4-5-6-7-8-9-10-11-12-13-16-17(21)14-15(2)18(19(16)22)20(23)24/h14,21-22H,3-13H2,1-2H3,(H,23,24). The lowest BCUT2D eigenvalue weighted by Crippen LogP contribution is -2.03. The lowest BCUT2D eigenvalue weighted by Gasteiger charge is -2.12. The molecule has 0 aliphatic heterocycles. The number of carbonyl (C=O) groups is 1. The summed E-state index contributed by atoms with van der Waals surface area (Å²) in [5.74, 6) is -1.45. The molecule has 0 atom stereocenters. The van der Waals surface area contributed by atoms with Crippen LogP contribution in [0.5, 0.6) is 11.5 Å². The zero-order valence-corrected chi connectivity index (χ0v) is 15.1. The van der Waals surface area contributed by atoms with Gasteiger partial charge in [0.15, 0.2) is 0 Å². The molecule has 136 valence electrons. The summed E-state index contributed by atoms with van der Waals surface area (Å²) in [6.45, 7) is 3.80. The van der Waals surface area contributed by atoms with Gasteiger partial charge < -0.3 is 15.3 Å². The number of hydrogen-bond acceptors (Lipinski definition) is 3. The molecule has 0 amide bonds. The SMILES string of the molecule is CCCCCCCCCCCCc1c(O)cc(C)c(C(=O)O)c1O. The number of unbranched alkanes of at least 4 members (excludes halogenated alkanes) is 9. The molecule has 0 heterocycles. The summed E-state index contributed by atoms with van der Waals surface area (Å²) in [6, 6.07) is 1.43. The van der Waals surface area contributed by atoms with Gasteiger partial charge in [-0.3, -0.25) is 0 Å². The molecule has 0 fully saturated rings. The van der Waals surface area contributed by atoms with E-state index in [0.29, 0.717) is 17.5 Å². The molecule has 1 rings (SSSR count). The van der Waals surface area contributed by atoms with Gasteiger partial charge in [0.25, 0.3) is 0 Å². The topological polar surface area (TPSA) is 77.8 Å². The van der Waals surface area contributed by atoms with Crippen LogP contribution in [-0.4, -0.2) is 21.3 Å². The molecular formula is C20H32O4. The number of aromatic hydroxyl groups is 2. The fraction of sp³-hybridized carbons (Fsp3) is 0.650. The van der Waals surface area contributed by atoms with Gasteiger partial charge in [-0.2, -0.15) is 0 Å². The molecule has 0 aliphatic rings. The number of carboxylic acid groups (broad SMARTS) is 1. The first-order chi connectivity index (χ1) is 11.5. The van der Waals surface area contributed by atoms with Crippen molar-refractivity contribution in [2.75, 3.05) is 0 Å². The number of aryl methyl sites for hydroxylation is 1. The van der Waals surface area contributed by atoms with E-state index in [4.69, 9.17) is 5.11 Å². The zero-order valence-electron chi connectivity index (χ0n) is 15.1. The summed E-state index contributed by atoms with van der Waals surface area (Å²) in [6.07, 6.45) is 12.6. The summed E-state index contributed by atoms with van der Waals surface area (Å²) in [5.41, 5.74) is 0.636. The molecule has 0 saturated heterocycles. The molecule has 0 saturated carbocycles. The number of rotatable bonds is 12. The van der Waals surface area contributed by atoms with Crippen LogP contribution in [-0.2, 0) is 6.42 Å². The van der Waals surface area contributed by atoms with E-state index in [1.165, 1.54) is 51.0 Å². The van der Waals surface area contributed by atoms with Crippen LogP contribution in [0.2, 0.25) is 0 Å². The van der Waals surface area contributed by atoms with Crippen LogP contribution in [0, 0.1) is 6.92 Å². The number of hydrogen-bond donors (Lipinski definition) is 3. The third-order valence-electron chi connectivity index (χ3n) is 4.57. The smallest absolute Gasteiger partial charge is 0.339 e. The van der Waals surface area contributed by atoms with Gasteiger partial charge in [0.2, 0.25) is 0 Å². The first-order valence-corrected chi connectivity index (χ1v) is 9.26. The molecule has 1 aromatic carbocycles. The fourth-order valence-corrected chi connectivity index (χ4v) is 3.13. The predicted octanol–water partition coefficient (Wildman–Crippen LogP) is 5.57. The molecule has 0 spiro atoms. The van der Waals surface area contributed by atoms with E-state index in [2.05, 4.69) is 6.92 Å². The molecule has 0 aliphatic carbocycles. The van der Waals surface area contributed by atoms with E-state index in [-0.39, 0.29) is 17.1 Å². The summed E-state index contributed by atoms with van der Waals surface area (Å²) < 4.78 is 0. The Morgan fingerprint density at radius 3 is 1.92 bits per heavy atom. The second kappa shape index (κ2) is 11.0. The molecule has 4 heteroatoms. The van der Waals surface area contributed by atoms with Crippen molar-refractivity contribution in [2.24, 2.45) is 0 Å². The van der Waals surface area contributed by atoms with Crippen LogP contribution in [0.15, 0.2) is 6.07 Å². The molecule has 0 aromatic heterocycles. The Kier molecular flexibility index (Phi) is 9.28. The first-order valence-electron chi connectivity index (χ1n) is 9.26. The Morgan fingerprint density at radius 1 is 0.917 bits per heavy atom. The van der Waals surface area contributed by atoms with Crippen LogP contribution < -0.4 is 0 Å². The summed E-state index contributed by atoms with van der Waals surface area (Å²) in [7, 11) is 0. The van der Waals surface area contributed by atoms with E-state index >= 15 is 0 Å². The molecule has 1 aromatic rings. The average molecular weight is 336 g/mol. The van der Waals surface area contributed by atoms with Gasteiger partial charge in [0.1, 0.15) is 17.1 Å². The summed E-state index contributed by atoms with van der Waals surface area (Å²) >= 11 is 0. The van der Waals surface area contributed by atoms with Crippen molar-refractivity contribution in [1.82, 2.24) is 0 Å². The third-order valence-corrected chi connectivity index (χ3v) is 4.57. The monoisotopic (exact) mass is 336 g/mol. The Labute approximate surface area is 145 Å². The van der Waals surface area contributed by atoms with Gasteiger partial charge in [-0.25, -0.2) is 4.79 Å². The molecular weight excluding hydrogens is 304 g/mol. The van der Waals surface area contributed by atoms with E-state index in [0.717, 1.165) is 19.3 Å². The number of benzene rings is 1. The minimum atomic E-state index is -1.16. The number of phenols is 2. The largest absolute Gasteiger partial charge is 0.508 e. The Balaban J connectivity index is 2.33. The van der Waals surface area contributed by atoms with E-state index < -0.39 is 5.97 Å². The predicted molar refractivity (Wildman–Crippen MR) is 97.0 cm³/mol. The molecule has 3 N–H and O–H groups in total. The van der Waals surface area contributed by atoms with Crippen molar-refractivity contribution < 1.29 is 20.1 Å². The third kappa shape index (κ3) is 6.42. The van der Waals surface area contributed by atoms with Crippen molar-refractivity contribution in [3.05, 3.63) is 22.8 Å². The van der Waals surface area contributed by atoms with Crippen molar-refractivity contribution >= 4 is 5.97 Å². The second-order valence-corrected chi connectivity index (χ2v) is 6.65. The lowest BCUT2D eigenvalue weighted by atomic mass is 9.97. The summed E-state index contributed by atoms with van der Waals surface area (Å²) in [4.78, 5) is 11.2. The minimum Gasteiger partial charge on any atom is -0.508 e. The number of carboxylic acids is 1. The first kappa shape index (κ1) is 20.3. The fourth-order valence-electron chi connectivity index (χ4n) is 3.13. The van der Waals surface area contributed by atoms with Crippen molar-refractivity contribution in [3.63, 3.8) is 0 Å². The van der Waals surface area contributed by atoms with Gasteiger partial charge >= 0.3 is 5.97 Å². The summed E-state index contributed by atoms with van der Waals surface area (Å²) in [5, 5.41) is 29.3. The maximum absolute atomic E-state index is 11.2. The molecule has 0 unspecified atom stereocenters. The Morgan fingerprint density at radius 2 is 1.42 bits per heavy atom. The van der Waals surface area contributed by atoms with Crippen LogP contribution in [0.1, 0.15) is 92.6 Å².